The van der Waals surface area contributed by atoms with Crippen LogP contribution in [0, 0.1) is 11.3 Å². The highest BCUT2D eigenvalue weighted by molar-refractivity contribution is 4.88. The Bertz CT molecular complexity index is 316. The lowest BCUT2D eigenvalue weighted by molar-refractivity contribution is -0.0713. The number of rotatable bonds is 7. The van der Waals surface area contributed by atoms with Gasteiger partial charge in [0.15, 0.2) is 0 Å². The smallest absolute Gasteiger partial charge is 0.0611 e. The van der Waals surface area contributed by atoms with Crippen LogP contribution in [0.5, 0.6) is 0 Å². The predicted molar refractivity (Wildman–Crippen MR) is 89.5 cm³/mol. The summed E-state index contributed by atoms with van der Waals surface area (Å²) in [4.78, 5) is 0. The molecule has 0 aromatic heterocycles. The minimum atomic E-state index is -0.261. The summed E-state index contributed by atoms with van der Waals surface area (Å²) in [6.45, 7) is 15.6. The van der Waals surface area contributed by atoms with Crippen LogP contribution in [-0.2, 0) is 4.74 Å². The van der Waals surface area contributed by atoms with Gasteiger partial charge in [0.05, 0.1) is 18.8 Å². The van der Waals surface area contributed by atoms with Gasteiger partial charge in [-0.2, -0.15) is 0 Å². The Morgan fingerprint density at radius 2 is 1.90 bits per heavy atom. The van der Waals surface area contributed by atoms with Gasteiger partial charge in [-0.05, 0) is 50.9 Å². The molecule has 1 saturated carbocycles. The Labute approximate surface area is 131 Å². The summed E-state index contributed by atoms with van der Waals surface area (Å²) in [6, 6.07) is 0.364. The molecule has 1 aliphatic rings. The minimum absolute atomic E-state index is 0.144. The quantitative estimate of drug-likeness (QED) is 0.752. The molecule has 21 heavy (non-hydrogen) atoms. The van der Waals surface area contributed by atoms with Gasteiger partial charge in [0, 0.05) is 11.6 Å². The molecular formula is C18H37NO2. The van der Waals surface area contributed by atoms with Crippen LogP contribution in [0.3, 0.4) is 0 Å². The second-order valence-electron chi connectivity index (χ2n) is 8.70. The average molecular weight is 299 g/mol. The molecule has 0 aliphatic heterocycles. The highest BCUT2D eigenvalue weighted by Gasteiger charge is 2.34. The van der Waals surface area contributed by atoms with E-state index < -0.39 is 0 Å². The molecule has 0 aromatic carbocycles. The van der Waals surface area contributed by atoms with Gasteiger partial charge >= 0.3 is 0 Å². The predicted octanol–water partition coefficient (Wildman–Crippen LogP) is 3.75. The Hall–Kier alpha value is -0.120. The van der Waals surface area contributed by atoms with Crippen LogP contribution >= 0.6 is 0 Å². The van der Waals surface area contributed by atoms with Gasteiger partial charge in [-0.15, -0.1) is 0 Å². The van der Waals surface area contributed by atoms with Gasteiger partial charge in [-0.3, -0.25) is 0 Å². The van der Waals surface area contributed by atoms with Crippen molar-refractivity contribution in [1.29, 1.82) is 0 Å². The fourth-order valence-electron chi connectivity index (χ4n) is 4.24. The van der Waals surface area contributed by atoms with Crippen molar-refractivity contribution in [2.24, 2.45) is 11.3 Å². The van der Waals surface area contributed by atoms with Gasteiger partial charge < -0.3 is 15.2 Å². The van der Waals surface area contributed by atoms with Crippen molar-refractivity contribution < 1.29 is 9.84 Å². The van der Waals surface area contributed by atoms with Gasteiger partial charge in [0.2, 0.25) is 0 Å². The first-order chi connectivity index (χ1) is 9.55. The molecule has 0 spiro atoms. The maximum Gasteiger partial charge on any atom is 0.0611 e. The van der Waals surface area contributed by atoms with Gasteiger partial charge in [0.1, 0.15) is 0 Å². The lowest BCUT2D eigenvalue weighted by Crippen LogP contribution is -2.51. The molecule has 4 atom stereocenters. The fraction of sp³-hybridized carbons (Fsp3) is 1.00. The maximum atomic E-state index is 9.70. The minimum Gasteiger partial charge on any atom is -0.394 e. The molecule has 126 valence electrons. The lowest BCUT2D eigenvalue weighted by atomic mass is 9.71. The van der Waals surface area contributed by atoms with Crippen LogP contribution in [0.2, 0.25) is 0 Å². The van der Waals surface area contributed by atoms with Crippen molar-refractivity contribution in [3.8, 4) is 0 Å². The van der Waals surface area contributed by atoms with Crippen molar-refractivity contribution in [2.45, 2.75) is 97.9 Å². The monoisotopic (exact) mass is 299 g/mol. The van der Waals surface area contributed by atoms with Crippen LogP contribution in [0.15, 0.2) is 0 Å². The summed E-state index contributed by atoms with van der Waals surface area (Å²) in [5.74, 6) is 0.740. The molecule has 0 amide bonds. The molecule has 1 fully saturated rings. The van der Waals surface area contributed by atoms with Crippen molar-refractivity contribution in [3.63, 3.8) is 0 Å². The third kappa shape index (κ3) is 6.66. The molecule has 2 N–H and O–H groups in total. The van der Waals surface area contributed by atoms with Crippen LogP contribution < -0.4 is 5.32 Å². The summed E-state index contributed by atoms with van der Waals surface area (Å²) >= 11 is 0. The number of nitrogens with one attached hydrogen (secondary N) is 1. The highest BCUT2D eigenvalue weighted by atomic mass is 16.5. The molecular weight excluding hydrogens is 262 g/mol. The van der Waals surface area contributed by atoms with Crippen molar-refractivity contribution >= 4 is 0 Å². The number of aliphatic hydroxyl groups is 1. The molecule has 1 rings (SSSR count). The molecule has 0 radical (unpaired) electrons. The second-order valence-corrected chi connectivity index (χ2v) is 8.70. The SMILES string of the molecule is CC1CC(OC(C)CC(C)(CO)NC(C)C)CC(C)(C)C1. The molecule has 3 nitrogen and oxygen atoms in total. The first-order valence-corrected chi connectivity index (χ1v) is 8.59. The van der Waals surface area contributed by atoms with E-state index in [0.717, 1.165) is 18.8 Å². The topological polar surface area (TPSA) is 41.5 Å². The van der Waals surface area contributed by atoms with Crippen LogP contribution in [0.1, 0.15) is 74.1 Å². The van der Waals surface area contributed by atoms with Crippen LogP contribution in [-0.4, -0.2) is 35.5 Å². The number of hydrogen-bond acceptors (Lipinski definition) is 3. The molecule has 4 unspecified atom stereocenters. The second kappa shape index (κ2) is 7.43. The zero-order valence-corrected chi connectivity index (χ0v) is 15.2. The lowest BCUT2D eigenvalue weighted by Gasteiger charge is -2.41. The zero-order valence-electron chi connectivity index (χ0n) is 15.2. The molecule has 3 heteroatoms. The number of hydrogen-bond donors (Lipinski definition) is 2. The summed E-state index contributed by atoms with van der Waals surface area (Å²) in [7, 11) is 0. The van der Waals surface area contributed by atoms with E-state index in [1.54, 1.807) is 0 Å². The fourth-order valence-corrected chi connectivity index (χ4v) is 4.24. The molecule has 0 bridgehead atoms. The Balaban J connectivity index is 2.54. The van der Waals surface area contributed by atoms with E-state index in [1.165, 1.54) is 12.8 Å². The molecule has 0 aromatic rings. The largest absolute Gasteiger partial charge is 0.394 e. The van der Waals surface area contributed by atoms with Crippen molar-refractivity contribution in [3.05, 3.63) is 0 Å². The maximum absolute atomic E-state index is 9.70. The van der Waals surface area contributed by atoms with E-state index in [1.807, 2.05) is 0 Å². The third-order valence-corrected chi connectivity index (χ3v) is 4.50. The Morgan fingerprint density at radius 3 is 2.38 bits per heavy atom. The standard InChI is InChI=1S/C18H37NO2/c1-13(2)19-18(7,12-20)10-15(4)21-16-8-14(3)9-17(5,6)11-16/h13-16,19-20H,8-12H2,1-7H3. The first kappa shape index (κ1) is 18.9. The third-order valence-electron chi connectivity index (χ3n) is 4.50. The van der Waals surface area contributed by atoms with Crippen molar-refractivity contribution in [1.82, 2.24) is 5.32 Å². The molecule has 1 aliphatic carbocycles. The van der Waals surface area contributed by atoms with Gasteiger partial charge in [-0.25, -0.2) is 0 Å². The van der Waals surface area contributed by atoms with Gasteiger partial charge in [-0.1, -0.05) is 34.6 Å². The van der Waals surface area contributed by atoms with E-state index in [2.05, 4.69) is 53.8 Å². The van der Waals surface area contributed by atoms with Crippen LogP contribution in [0.4, 0.5) is 0 Å². The zero-order chi connectivity index (χ0) is 16.3. The van der Waals surface area contributed by atoms with E-state index in [4.69, 9.17) is 4.74 Å². The summed E-state index contributed by atoms with van der Waals surface area (Å²) in [5, 5.41) is 13.2. The summed E-state index contributed by atoms with van der Waals surface area (Å²) in [5.41, 5.74) is 0.127. The highest BCUT2D eigenvalue weighted by Crippen LogP contribution is 2.40. The molecule has 0 heterocycles. The van der Waals surface area contributed by atoms with E-state index in [9.17, 15) is 5.11 Å². The van der Waals surface area contributed by atoms with Gasteiger partial charge in [0.25, 0.3) is 0 Å². The molecule has 0 saturated heterocycles. The number of ether oxygens (including phenoxy) is 1. The summed E-state index contributed by atoms with van der Waals surface area (Å²) < 4.78 is 6.33. The van der Waals surface area contributed by atoms with E-state index in [-0.39, 0.29) is 18.2 Å². The van der Waals surface area contributed by atoms with E-state index >= 15 is 0 Å². The van der Waals surface area contributed by atoms with Crippen molar-refractivity contribution in [2.75, 3.05) is 6.61 Å². The number of aliphatic hydroxyl groups excluding tert-OH is 1. The van der Waals surface area contributed by atoms with E-state index in [0.29, 0.717) is 17.6 Å². The average Bonchev–Trinajstić information content (AvgIpc) is 2.23. The normalized spacial score (nSPS) is 30.1. The Kier molecular flexibility index (Phi) is 6.70. The first-order valence-electron chi connectivity index (χ1n) is 8.59. The Morgan fingerprint density at radius 1 is 1.29 bits per heavy atom. The van der Waals surface area contributed by atoms with Crippen LogP contribution in [0.25, 0.3) is 0 Å². The summed E-state index contributed by atoms with van der Waals surface area (Å²) in [6.07, 6.45) is 4.98.